The Morgan fingerprint density at radius 3 is 2.34 bits per heavy atom. The van der Waals surface area contributed by atoms with Crippen molar-refractivity contribution in [1.29, 1.82) is 0 Å². The maximum Gasteiger partial charge on any atom is 0.197 e. The number of nitrogens with zero attached hydrogens (tertiary/aromatic N) is 1. The second-order valence-electron chi connectivity index (χ2n) is 10.0. The van der Waals surface area contributed by atoms with Gasteiger partial charge in [-0.05, 0) is 46.7 Å². The Hall–Kier alpha value is -4.41. The summed E-state index contributed by atoms with van der Waals surface area (Å²) < 4.78 is 0. The molecule has 9 rings (SSSR count). The summed E-state index contributed by atoms with van der Waals surface area (Å²) in [4.78, 5) is 8.86. The zero-order valence-electron chi connectivity index (χ0n) is 20.4. The summed E-state index contributed by atoms with van der Waals surface area (Å²) in [5.41, 5.74) is 11.2. The molecule has 1 aromatic heterocycles. The fourth-order valence-corrected chi connectivity index (χ4v) is 7.48. The van der Waals surface area contributed by atoms with Gasteiger partial charge in [-0.1, -0.05) is 102 Å². The summed E-state index contributed by atoms with van der Waals surface area (Å²) in [5.74, 6) is 0. The average Bonchev–Trinajstić information content (AvgIpc) is 3.36. The lowest BCUT2D eigenvalue weighted by atomic mass is 9.57. The number of aromatic nitrogens is 1. The minimum Gasteiger partial charge on any atom is -0.354 e. The fraction of sp³-hybridized carbons (Fsp3) is 0. The number of H-pyrrole nitrogens is 1. The van der Waals surface area contributed by atoms with Crippen LogP contribution < -0.4 is 15.8 Å². The van der Waals surface area contributed by atoms with E-state index >= 15 is 0 Å². The highest BCUT2D eigenvalue weighted by molar-refractivity contribution is 7.99. The molecule has 2 aliphatic heterocycles. The van der Waals surface area contributed by atoms with Gasteiger partial charge in [0.25, 0.3) is 0 Å². The van der Waals surface area contributed by atoms with Crippen LogP contribution in [0.2, 0.25) is 0 Å². The van der Waals surface area contributed by atoms with Gasteiger partial charge in [0.05, 0.1) is 16.9 Å². The minimum atomic E-state index is 1.17. The first-order valence-electron chi connectivity index (χ1n) is 13.0. The number of benzene rings is 6. The highest BCUT2D eigenvalue weighted by Crippen LogP contribution is 2.53. The molecule has 0 saturated carbocycles. The molecule has 38 heavy (non-hydrogen) atoms. The number of anilines is 3. The zero-order valence-corrected chi connectivity index (χ0v) is 21.2. The van der Waals surface area contributed by atoms with Crippen molar-refractivity contribution in [2.24, 2.45) is 0 Å². The molecule has 1 N–H and O–H groups in total. The molecule has 0 unspecified atom stereocenters. The van der Waals surface area contributed by atoms with Gasteiger partial charge in [-0.25, -0.2) is 0 Å². The molecule has 175 valence electrons. The Morgan fingerprint density at radius 1 is 0.605 bits per heavy atom. The monoisotopic (exact) mass is 499 g/mol. The number of nitrogens with one attached hydrogen (secondary N) is 1. The van der Waals surface area contributed by atoms with Crippen molar-refractivity contribution in [3.8, 4) is 11.1 Å². The molecule has 2 nitrogen and oxygen atoms in total. The van der Waals surface area contributed by atoms with E-state index in [1.165, 1.54) is 81.5 Å². The summed E-state index contributed by atoms with van der Waals surface area (Å²) in [5, 5.41) is 5.05. The molecule has 1 radical (unpaired) electrons. The van der Waals surface area contributed by atoms with E-state index < -0.39 is 0 Å². The molecular weight excluding hydrogens is 479 g/mol. The van der Waals surface area contributed by atoms with E-state index in [4.69, 9.17) is 0 Å². The van der Waals surface area contributed by atoms with E-state index in [0.717, 1.165) is 0 Å². The zero-order chi connectivity index (χ0) is 24.8. The molecule has 0 atom stereocenters. The van der Waals surface area contributed by atoms with Crippen LogP contribution in [0.4, 0.5) is 17.1 Å². The number of rotatable bonds is 1. The van der Waals surface area contributed by atoms with Gasteiger partial charge in [0, 0.05) is 42.7 Å². The summed E-state index contributed by atoms with van der Waals surface area (Å²) in [6, 6.07) is 42.0. The minimum absolute atomic E-state index is 1.17. The average molecular weight is 499 g/mol. The van der Waals surface area contributed by atoms with Gasteiger partial charge in [-0.3, -0.25) is 0 Å². The quantitative estimate of drug-likeness (QED) is 0.231. The third-order valence-corrected chi connectivity index (χ3v) is 9.11. The lowest BCUT2D eigenvalue weighted by molar-refractivity contribution is 1.18. The van der Waals surface area contributed by atoms with E-state index in [-0.39, 0.29) is 0 Å². The predicted octanol–water partition coefficient (Wildman–Crippen LogP) is 8.04. The second-order valence-corrected chi connectivity index (χ2v) is 11.1. The number of para-hydroxylation sites is 4. The molecule has 6 aromatic carbocycles. The first kappa shape index (κ1) is 20.6. The maximum atomic E-state index is 3.75. The molecule has 0 amide bonds. The maximum absolute atomic E-state index is 3.75. The van der Waals surface area contributed by atoms with Crippen LogP contribution in [0.5, 0.6) is 0 Å². The van der Waals surface area contributed by atoms with E-state index in [0.29, 0.717) is 0 Å². The number of hydrogen-bond acceptors (Lipinski definition) is 2. The van der Waals surface area contributed by atoms with Crippen LogP contribution in [0.15, 0.2) is 125 Å². The molecule has 2 aliphatic rings. The van der Waals surface area contributed by atoms with Gasteiger partial charge in [-0.15, -0.1) is 0 Å². The number of fused-ring (bicyclic) bond motifs is 9. The summed E-state index contributed by atoms with van der Waals surface area (Å²) in [7, 11) is 2.41. The third kappa shape index (κ3) is 2.70. The van der Waals surface area contributed by atoms with Crippen LogP contribution >= 0.6 is 11.8 Å². The van der Waals surface area contributed by atoms with Crippen LogP contribution in [-0.4, -0.2) is 12.3 Å². The normalized spacial score (nSPS) is 13.3. The van der Waals surface area contributed by atoms with Gasteiger partial charge >= 0.3 is 0 Å². The number of hydrogen-bond donors (Lipinski definition) is 1. The van der Waals surface area contributed by atoms with Crippen LogP contribution in [0.25, 0.3) is 43.7 Å². The summed E-state index contributed by atoms with van der Waals surface area (Å²) >= 11 is 1.87. The first-order valence-corrected chi connectivity index (χ1v) is 13.8. The smallest absolute Gasteiger partial charge is 0.197 e. The van der Waals surface area contributed by atoms with Gasteiger partial charge in [0.1, 0.15) is 0 Å². The lowest BCUT2D eigenvalue weighted by Crippen LogP contribution is -2.42. The Bertz CT molecular complexity index is 2110. The van der Waals surface area contributed by atoms with Gasteiger partial charge < -0.3 is 9.88 Å². The lowest BCUT2D eigenvalue weighted by Gasteiger charge is -2.40. The predicted molar refractivity (Wildman–Crippen MR) is 163 cm³/mol. The van der Waals surface area contributed by atoms with Gasteiger partial charge in [-0.2, -0.15) is 0 Å². The highest BCUT2D eigenvalue weighted by Gasteiger charge is 2.34. The van der Waals surface area contributed by atoms with Crippen molar-refractivity contribution < 1.29 is 0 Å². The van der Waals surface area contributed by atoms with Crippen molar-refractivity contribution in [2.45, 2.75) is 9.79 Å². The SMILES string of the molecule is [B]1c2cccc3c2N(c2ccccc2S3)c2c1c(-c1cccc3c1[nH]c1ccccc13)cc1ccccc21. The van der Waals surface area contributed by atoms with Crippen molar-refractivity contribution in [1.82, 2.24) is 4.98 Å². The molecule has 0 bridgehead atoms. The molecule has 3 heterocycles. The number of aromatic amines is 1. The van der Waals surface area contributed by atoms with Crippen molar-refractivity contribution in [2.75, 3.05) is 4.90 Å². The van der Waals surface area contributed by atoms with Gasteiger partial charge in [0.2, 0.25) is 0 Å². The highest BCUT2D eigenvalue weighted by atomic mass is 32.2. The third-order valence-electron chi connectivity index (χ3n) is 8.00. The molecule has 0 spiro atoms. The molecule has 0 aliphatic carbocycles. The molecular formula is C34H20BN2S. The molecule has 7 aromatic rings. The van der Waals surface area contributed by atoms with Crippen LogP contribution in [0.1, 0.15) is 0 Å². The van der Waals surface area contributed by atoms with Crippen LogP contribution in [0, 0.1) is 0 Å². The fourth-order valence-electron chi connectivity index (χ4n) is 6.38. The van der Waals surface area contributed by atoms with E-state index in [1.807, 2.05) is 11.8 Å². The van der Waals surface area contributed by atoms with E-state index in [9.17, 15) is 0 Å². The Morgan fingerprint density at radius 2 is 1.37 bits per heavy atom. The Labute approximate surface area is 225 Å². The summed E-state index contributed by atoms with van der Waals surface area (Å²) in [6.45, 7) is 0. The largest absolute Gasteiger partial charge is 0.354 e. The van der Waals surface area contributed by atoms with Crippen LogP contribution in [-0.2, 0) is 0 Å². The van der Waals surface area contributed by atoms with E-state index in [1.54, 1.807) is 0 Å². The Kier molecular flexibility index (Phi) is 4.11. The Balaban J connectivity index is 1.43. The van der Waals surface area contributed by atoms with Crippen molar-refractivity contribution >= 4 is 79.6 Å². The standard InChI is InChI=1S/C34H20BN2S/c1-2-10-21-20(9-1)19-25(24-13-7-12-23-22-11-3-4-15-27(22)36-32(23)24)31-33(21)37-28-16-5-6-17-29(28)38-30-18-8-14-26(35-31)34(30)37/h1-19,36H. The van der Waals surface area contributed by atoms with Crippen LogP contribution in [0.3, 0.4) is 0 Å². The van der Waals surface area contributed by atoms with E-state index in [2.05, 4.69) is 132 Å². The summed E-state index contributed by atoms with van der Waals surface area (Å²) in [6.07, 6.45) is 0. The van der Waals surface area contributed by atoms with Gasteiger partial charge in [0.15, 0.2) is 7.28 Å². The molecule has 0 fully saturated rings. The topological polar surface area (TPSA) is 19.0 Å². The molecule has 4 heteroatoms. The van der Waals surface area contributed by atoms with Crippen molar-refractivity contribution in [3.05, 3.63) is 115 Å². The van der Waals surface area contributed by atoms with Crippen molar-refractivity contribution in [3.63, 3.8) is 0 Å². The molecule has 0 saturated heterocycles. The second kappa shape index (κ2) is 7.56. The first-order chi connectivity index (χ1) is 18.8.